The van der Waals surface area contributed by atoms with Crippen molar-refractivity contribution in [2.75, 3.05) is 25.4 Å². The summed E-state index contributed by atoms with van der Waals surface area (Å²) in [5, 5.41) is 11.4. The Morgan fingerprint density at radius 3 is 2.47 bits per heavy atom. The van der Waals surface area contributed by atoms with Crippen LogP contribution < -0.4 is 10.1 Å². The van der Waals surface area contributed by atoms with Gasteiger partial charge in [0.2, 0.25) is 10.0 Å². The number of ether oxygens (including phenoxy) is 1. The molecule has 1 fully saturated rings. The van der Waals surface area contributed by atoms with E-state index in [-0.39, 0.29) is 5.92 Å². The van der Waals surface area contributed by atoms with Gasteiger partial charge in [-0.05, 0) is 67.5 Å². The van der Waals surface area contributed by atoms with Gasteiger partial charge in [-0.15, -0.1) is 0 Å². The molecule has 1 aliphatic rings. The molecule has 0 saturated carbocycles. The Kier molecular flexibility index (Phi) is 7.73. The third kappa shape index (κ3) is 6.43. The zero-order chi connectivity index (χ0) is 23.3. The second kappa shape index (κ2) is 10.3. The largest absolute Gasteiger partial charge is 0.493 e. The Hall–Kier alpha value is -2.65. The molecule has 1 unspecified atom stereocenters. The number of hydrogen-bond donors (Lipinski definition) is 2. The highest BCUT2D eigenvalue weighted by atomic mass is 32.2. The molecular formula is C23H29FN2O5S. The molecule has 0 spiro atoms. The van der Waals surface area contributed by atoms with E-state index in [0.717, 1.165) is 16.9 Å². The van der Waals surface area contributed by atoms with Gasteiger partial charge < -0.3 is 15.2 Å². The number of hydrogen-bond acceptors (Lipinski definition) is 4. The molecule has 2 aromatic rings. The van der Waals surface area contributed by atoms with Gasteiger partial charge in [-0.25, -0.2) is 21.9 Å². The van der Waals surface area contributed by atoms with Gasteiger partial charge in [-0.2, -0.15) is 0 Å². The Morgan fingerprint density at radius 1 is 1.19 bits per heavy atom. The maximum Gasteiger partial charge on any atom is 0.405 e. The number of aryl methyl sites for hydroxylation is 2. The summed E-state index contributed by atoms with van der Waals surface area (Å²) in [5.41, 5.74) is 2.58. The van der Waals surface area contributed by atoms with Gasteiger partial charge in [0.25, 0.3) is 0 Å². The monoisotopic (exact) mass is 464 g/mol. The summed E-state index contributed by atoms with van der Waals surface area (Å²) in [4.78, 5) is 11.2. The molecule has 2 N–H and O–H groups in total. The number of halogens is 1. The van der Waals surface area contributed by atoms with Crippen molar-refractivity contribution in [3.8, 4) is 5.75 Å². The lowest BCUT2D eigenvalue weighted by molar-refractivity contribution is 0.183. The molecule has 0 aromatic heterocycles. The first kappa shape index (κ1) is 24.0. The minimum atomic E-state index is -3.72. The molecule has 0 bridgehead atoms. The molecule has 0 aliphatic carbocycles. The highest BCUT2D eigenvalue weighted by Gasteiger charge is 2.31. The van der Waals surface area contributed by atoms with E-state index in [1.807, 2.05) is 32.0 Å². The van der Waals surface area contributed by atoms with Crippen molar-refractivity contribution >= 4 is 16.1 Å². The Labute approximate surface area is 188 Å². The summed E-state index contributed by atoms with van der Waals surface area (Å²) >= 11 is 0. The molecule has 174 valence electrons. The highest BCUT2D eigenvalue weighted by Crippen LogP contribution is 2.25. The van der Waals surface area contributed by atoms with Crippen molar-refractivity contribution in [1.82, 2.24) is 9.62 Å². The summed E-state index contributed by atoms with van der Waals surface area (Å²) in [6.07, 6.45) is -0.00757. The maximum atomic E-state index is 13.2. The number of carboxylic acid groups (broad SMARTS) is 1. The lowest BCUT2D eigenvalue weighted by Crippen LogP contribution is -2.43. The molecule has 9 heteroatoms. The summed E-state index contributed by atoms with van der Waals surface area (Å²) in [5.74, 6) is 0.193. The van der Waals surface area contributed by atoms with Gasteiger partial charge in [0.15, 0.2) is 0 Å². The average molecular weight is 465 g/mol. The molecule has 3 rings (SSSR count). The van der Waals surface area contributed by atoms with Gasteiger partial charge in [0.05, 0.1) is 18.4 Å². The number of sulfonamides is 1. The van der Waals surface area contributed by atoms with E-state index in [4.69, 9.17) is 9.84 Å². The minimum Gasteiger partial charge on any atom is -0.493 e. The topological polar surface area (TPSA) is 95.9 Å². The Bertz CT molecular complexity index is 1030. The molecular weight excluding hydrogens is 435 g/mol. The Balaban J connectivity index is 1.58. The van der Waals surface area contributed by atoms with Gasteiger partial charge in [-0.3, -0.25) is 0 Å². The van der Waals surface area contributed by atoms with Crippen molar-refractivity contribution in [3.63, 3.8) is 0 Å². The highest BCUT2D eigenvalue weighted by molar-refractivity contribution is 7.89. The van der Waals surface area contributed by atoms with Crippen LogP contribution in [0.2, 0.25) is 0 Å². The lowest BCUT2D eigenvalue weighted by Gasteiger charge is -2.32. The van der Waals surface area contributed by atoms with Gasteiger partial charge in [-0.1, -0.05) is 24.3 Å². The first-order valence-electron chi connectivity index (χ1n) is 10.6. The zero-order valence-electron chi connectivity index (χ0n) is 18.3. The normalized spacial score (nSPS) is 16.5. The molecule has 2 aromatic carbocycles. The molecule has 32 heavy (non-hydrogen) atoms. The minimum absolute atomic E-state index is 0.242. The van der Waals surface area contributed by atoms with E-state index in [9.17, 15) is 17.6 Å². The van der Waals surface area contributed by atoms with E-state index in [2.05, 4.69) is 5.32 Å². The first-order valence-corrected chi connectivity index (χ1v) is 12.2. The quantitative estimate of drug-likeness (QED) is 0.618. The molecule has 0 radical (unpaired) electrons. The third-order valence-electron chi connectivity index (χ3n) is 5.73. The van der Waals surface area contributed by atoms with E-state index in [0.29, 0.717) is 38.1 Å². The number of piperidine rings is 1. The van der Waals surface area contributed by atoms with Crippen molar-refractivity contribution in [2.45, 2.75) is 32.7 Å². The van der Waals surface area contributed by atoms with Crippen LogP contribution in [-0.2, 0) is 10.0 Å². The number of nitrogens with one attached hydrogen (secondary N) is 1. The fraction of sp³-hybridized carbons (Fsp3) is 0.435. The van der Waals surface area contributed by atoms with Crippen LogP contribution in [0.15, 0.2) is 42.5 Å². The van der Waals surface area contributed by atoms with Crippen LogP contribution in [-0.4, -0.2) is 49.4 Å². The molecule has 1 aliphatic heterocycles. The predicted octanol–water partition coefficient (Wildman–Crippen LogP) is 3.87. The lowest BCUT2D eigenvalue weighted by atomic mass is 9.99. The van der Waals surface area contributed by atoms with Crippen LogP contribution in [0, 0.1) is 25.6 Å². The number of carbonyl (C=O) groups is 1. The van der Waals surface area contributed by atoms with E-state index < -0.39 is 33.7 Å². The second-order valence-electron chi connectivity index (χ2n) is 8.25. The SMILES string of the molecule is Cc1ccc(C)c(OCC2CCN(S(=O)(=O)CC(NC(=O)O)c3ccc(F)cc3)CC2)c1. The summed E-state index contributed by atoms with van der Waals surface area (Å²) in [6.45, 7) is 5.23. The second-order valence-corrected chi connectivity index (χ2v) is 10.3. The van der Waals surface area contributed by atoms with Crippen molar-refractivity contribution < 1.29 is 27.4 Å². The number of benzene rings is 2. The van der Waals surface area contributed by atoms with E-state index in [1.54, 1.807) is 0 Å². The van der Waals surface area contributed by atoms with Gasteiger partial charge >= 0.3 is 6.09 Å². The van der Waals surface area contributed by atoms with Crippen LogP contribution in [0.5, 0.6) is 5.75 Å². The predicted molar refractivity (Wildman–Crippen MR) is 120 cm³/mol. The van der Waals surface area contributed by atoms with E-state index in [1.165, 1.54) is 28.6 Å². The van der Waals surface area contributed by atoms with Crippen LogP contribution in [0.4, 0.5) is 9.18 Å². The first-order chi connectivity index (χ1) is 15.1. The van der Waals surface area contributed by atoms with Crippen LogP contribution in [0.3, 0.4) is 0 Å². The number of nitrogens with zero attached hydrogens (tertiary/aromatic N) is 1. The fourth-order valence-corrected chi connectivity index (χ4v) is 5.48. The van der Waals surface area contributed by atoms with Crippen LogP contribution in [0.1, 0.15) is 35.6 Å². The van der Waals surface area contributed by atoms with E-state index >= 15 is 0 Å². The van der Waals surface area contributed by atoms with Crippen molar-refractivity contribution in [2.24, 2.45) is 5.92 Å². The fourth-order valence-electron chi connectivity index (χ4n) is 3.81. The molecule has 1 amide bonds. The van der Waals surface area contributed by atoms with Crippen molar-refractivity contribution in [1.29, 1.82) is 0 Å². The molecule has 1 atom stereocenters. The van der Waals surface area contributed by atoms with Gasteiger partial charge in [0, 0.05) is 13.1 Å². The third-order valence-corrected chi connectivity index (χ3v) is 7.64. The number of rotatable bonds is 8. The summed E-state index contributed by atoms with van der Waals surface area (Å²) in [6, 6.07) is 10.2. The Morgan fingerprint density at radius 2 is 1.84 bits per heavy atom. The van der Waals surface area contributed by atoms with Crippen molar-refractivity contribution in [3.05, 3.63) is 65.0 Å². The molecule has 7 nitrogen and oxygen atoms in total. The zero-order valence-corrected chi connectivity index (χ0v) is 19.1. The summed E-state index contributed by atoms with van der Waals surface area (Å²) < 4.78 is 46.5. The standard InChI is InChI=1S/C23H29FN2O5S/c1-16-3-4-17(2)22(13-16)31-14-18-9-11-26(12-10-18)32(29,30)15-21(25-23(27)28)19-5-7-20(24)8-6-19/h3-8,13,18,21,25H,9-12,14-15H2,1-2H3,(H,27,28). The number of amides is 1. The smallest absolute Gasteiger partial charge is 0.405 e. The van der Waals surface area contributed by atoms with Crippen LogP contribution >= 0.6 is 0 Å². The molecule has 1 saturated heterocycles. The van der Waals surface area contributed by atoms with Crippen LogP contribution in [0.25, 0.3) is 0 Å². The maximum absolute atomic E-state index is 13.2. The summed E-state index contributed by atoms with van der Waals surface area (Å²) in [7, 11) is -3.72. The van der Waals surface area contributed by atoms with Gasteiger partial charge in [0.1, 0.15) is 11.6 Å². The average Bonchev–Trinajstić information content (AvgIpc) is 2.74. The molecule has 1 heterocycles.